The molecule has 0 bridgehead atoms. The molecule has 0 spiro atoms. The van der Waals surface area contributed by atoms with E-state index in [1.54, 1.807) is 0 Å². The first-order chi connectivity index (χ1) is 10.9. The quantitative estimate of drug-likeness (QED) is 0.675. The molecule has 0 aromatic heterocycles. The summed E-state index contributed by atoms with van der Waals surface area (Å²) in [6, 6.07) is 3.86. The molecule has 1 aromatic carbocycles. The van der Waals surface area contributed by atoms with Gasteiger partial charge in [-0.3, -0.25) is 14.4 Å². The van der Waals surface area contributed by atoms with Crippen molar-refractivity contribution in [2.75, 3.05) is 20.7 Å². The van der Waals surface area contributed by atoms with Gasteiger partial charge in [0.15, 0.2) is 5.76 Å². The first-order valence-corrected chi connectivity index (χ1v) is 6.58. The minimum Gasteiger partial charge on any atom is -0.503 e. The Hall–Kier alpha value is -2.92. The summed E-state index contributed by atoms with van der Waals surface area (Å²) in [4.78, 5) is 33.2. The molecule has 0 radical (unpaired) electrons. The van der Waals surface area contributed by atoms with Crippen molar-refractivity contribution in [2.45, 2.75) is 6.54 Å². The molecule has 0 saturated heterocycles. The van der Waals surface area contributed by atoms with Crippen LogP contribution in [0.2, 0.25) is 0 Å². The van der Waals surface area contributed by atoms with Crippen LogP contribution in [0.15, 0.2) is 29.5 Å². The number of amides is 2. The first kappa shape index (κ1) is 16.5. The standard InChI is InChI=1S/C15H14FN3O4/c1-17-12-6-9(4-5-11(12)16)7-19(23-3)14(21)10-8-18(2)15(22)13(10)20/h4-6,20H,7-8H2,2-3H3. The minimum atomic E-state index is -0.670. The average Bonchev–Trinajstić information content (AvgIpc) is 2.81. The maximum Gasteiger partial charge on any atom is 0.289 e. The lowest BCUT2D eigenvalue weighted by Gasteiger charge is -2.20. The Balaban J connectivity index is 2.23. The Bertz CT molecular complexity index is 739. The second-order valence-electron chi connectivity index (χ2n) is 4.91. The smallest absolute Gasteiger partial charge is 0.289 e. The number of likely N-dealkylation sites (N-methyl/N-ethyl adjacent to an activating group) is 1. The van der Waals surface area contributed by atoms with E-state index in [2.05, 4.69) is 4.85 Å². The van der Waals surface area contributed by atoms with Crippen LogP contribution in [-0.2, 0) is 21.0 Å². The molecule has 23 heavy (non-hydrogen) atoms. The normalized spacial score (nSPS) is 14.2. The molecule has 1 aliphatic heterocycles. The summed E-state index contributed by atoms with van der Waals surface area (Å²) in [5, 5.41) is 10.7. The predicted octanol–water partition coefficient (Wildman–Crippen LogP) is 1.55. The lowest BCUT2D eigenvalue weighted by atomic mass is 10.1. The highest BCUT2D eigenvalue weighted by Crippen LogP contribution is 2.22. The van der Waals surface area contributed by atoms with Crippen molar-refractivity contribution in [1.82, 2.24) is 9.96 Å². The van der Waals surface area contributed by atoms with Crippen LogP contribution in [0, 0.1) is 12.4 Å². The van der Waals surface area contributed by atoms with Gasteiger partial charge in [-0.15, -0.1) is 0 Å². The average molecular weight is 319 g/mol. The predicted molar refractivity (Wildman–Crippen MR) is 77.5 cm³/mol. The summed E-state index contributed by atoms with van der Waals surface area (Å²) < 4.78 is 13.3. The zero-order chi connectivity index (χ0) is 17.1. The van der Waals surface area contributed by atoms with Gasteiger partial charge in [-0.05, 0) is 17.7 Å². The van der Waals surface area contributed by atoms with Gasteiger partial charge in [-0.25, -0.2) is 14.3 Å². The van der Waals surface area contributed by atoms with Crippen molar-refractivity contribution in [3.63, 3.8) is 0 Å². The van der Waals surface area contributed by atoms with Gasteiger partial charge in [0.2, 0.25) is 5.69 Å². The summed E-state index contributed by atoms with van der Waals surface area (Å²) in [6.07, 6.45) is 0. The zero-order valence-electron chi connectivity index (χ0n) is 12.5. The number of carbonyl (C=O) groups is 2. The maximum absolute atomic E-state index is 13.3. The van der Waals surface area contributed by atoms with Crippen molar-refractivity contribution in [1.29, 1.82) is 0 Å². The number of aliphatic hydroxyl groups is 1. The van der Waals surface area contributed by atoms with E-state index in [1.807, 2.05) is 0 Å². The van der Waals surface area contributed by atoms with Crippen LogP contribution in [0.25, 0.3) is 4.85 Å². The van der Waals surface area contributed by atoms with Crippen LogP contribution in [0.1, 0.15) is 5.56 Å². The number of nitrogens with zero attached hydrogens (tertiary/aromatic N) is 3. The molecule has 1 heterocycles. The van der Waals surface area contributed by atoms with E-state index in [1.165, 1.54) is 31.2 Å². The fraction of sp³-hybridized carbons (Fsp3) is 0.267. The van der Waals surface area contributed by atoms with E-state index < -0.39 is 23.4 Å². The van der Waals surface area contributed by atoms with Gasteiger partial charge in [-0.1, -0.05) is 6.07 Å². The van der Waals surface area contributed by atoms with Crippen LogP contribution >= 0.6 is 0 Å². The molecule has 120 valence electrons. The summed E-state index contributed by atoms with van der Waals surface area (Å²) in [7, 11) is 2.72. The Morgan fingerprint density at radius 3 is 2.78 bits per heavy atom. The molecular weight excluding hydrogens is 305 g/mol. The third-order valence-electron chi connectivity index (χ3n) is 3.39. The first-order valence-electron chi connectivity index (χ1n) is 6.58. The third kappa shape index (κ3) is 3.14. The molecule has 0 saturated carbocycles. The number of hydroxylamine groups is 2. The summed E-state index contributed by atoms with van der Waals surface area (Å²) >= 11 is 0. The second kappa shape index (κ2) is 6.46. The van der Waals surface area contributed by atoms with E-state index in [0.717, 1.165) is 11.1 Å². The van der Waals surface area contributed by atoms with Gasteiger partial charge in [0.25, 0.3) is 11.8 Å². The van der Waals surface area contributed by atoms with Crippen molar-refractivity contribution in [2.24, 2.45) is 0 Å². The van der Waals surface area contributed by atoms with E-state index in [0.29, 0.717) is 5.56 Å². The fourth-order valence-electron chi connectivity index (χ4n) is 2.14. The highest BCUT2D eigenvalue weighted by atomic mass is 19.1. The SMILES string of the molecule is [C-]#[N+]c1cc(CN(OC)C(=O)C2=C(O)C(=O)N(C)C2)ccc1F. The molecule has 0 atom stereocenters. The maximum atomic E-state index is 13.3. The molecule has 0 fully saturated rings. The van der Waals surface area contributed by atoms with Gasteiger partial charge in [-0.2, -0.15) is 0 Å². The molecule has 0 unspecified atom stereocenters. The highest BCUT2D eigenvalue weighted by Gasteiger charge is 2.34. The highest BCUT2D eigenvalue weighted by molar-refractivity contribution is 6.06. The molecule has 1 aliphatic rings. The van der Waals surface area contributed by atoms with Crippen LogP contribution in [-0.4, -0.2) is 47.6 Å². The molecule has 2 amide bonds. The van der Waals surface area contributed by atoms with Crippen LogP contribution in [0.5, 0.6) is 0 Å². The van der Waals surface area contributed by atoms with Gasteiger partial charge < -0.3 is 10.0 Å². The lowest BCUT2D eigenvalue weighted by molar-refractivity contribution is -0.174. The van der Waals surface area contributed by atoms with Crippen molar-refractivity contribution >= 4 is 17.5 Å². The Morgan fingerprint density at radius 1 is 1.57 bits per heavy atom. The van der Waals surface area contributed by atoms with E-state index in [-0.39, 0.29) is 24.4 Å². The molecule has 7 nitrogen and oxygen atoms in total. The topological polar surface area (TPSA) is 74.4 Å². The number of hydrogen-bond donors (Lipinski definition) is 1. The Labute approximate surface area is 131 Å². The zero-order valence-corrected chi connectivity index (χ0v) is 12.5. The molecule has 1 N–H and O–H groups in total. The summed E-state index contributed by atoms with van der Waals surface area (Å²) in [5.41, 5.74) is 0.237. The van der Waals surface area contributed by atoms with Gasteiger partial charge >= 0.3 is 0 Å². The Kier molecular flexibility index (Phi) is 4.62. The van der Waals surface area contributed by atoms with E-state index in [9.17, 15) is 19.1 Å². The van der Waals surface area contributed by atoms with Crippen molar-refractivity contribution in [3.8, 4) is 0 Å². The molecular formula is C15H14FN3O4. The van der Waals surface area contributed by atoms with E-state index >= 15 is 0 Å². The van der Waals surface area contributed by atoms with Crippen molar-refractivity contribution in [3.05, 3.63) is 52.3 Å². The van der Waals surface area contributed by atoms with E-state index in [4.69, 9.17) is 11.4 Å². The Morgan fingerprint density at radius 2 is 2.26 bits per heavy atom. The van der Waals surface area contributed by atoms with Crippen molar-refractivity contribution < 1.29 is 23.9 Å². The van der Waals surface area contributed by atoms with Gasteiger partial charge in [0.05, 0.1) is 32.3 Å². The molecule has 8 heteroatoms. The largest absolute Gasteiger partial charge is 0.503 e. The number of rotatable bonds is 4. The monoisotopic (exact) mass is 319 g/mol. The third-order valence-corrected chi connectivity index (χ3v) is 3.39. The molecule has 2 rings (SSSR count). The lowest BCUT2D eigenvalue weighted by Crippen LogP contribution is -2.32. The number of aliphatic hydroxyl groups excluding tert-OH is 1. The van der Waals surface area contributed by atoms with Crippen LogP contribution in [0.3, 0.4) is 0 Å². The van der Waals surface area contributed by atoms with Gasteiger partial charge in [0.1, 0.15) is 5.82 Å². The minimum absolute atomic E-state index is 0.0277. The number of carbonyl (C=O) groups excluding carboxylic acids is 2. The van der Waals surface area contributed by atoms with Gasteiger partial charge in [0, 0.05) is 7.05 Å². The number of halogens is 1. The number of benzene rings is 1. The molecule has 0 aliphatic carbocycles. The van der Waals surface area contributed by atoms with Crippen LogP contribution < -0.4 is 0 Å². The summed E-state index contributed by atoms with van der Waals surface area (Å²) in [6.45, 7) is 6.80. The fourth-order valence-corrected chi connectivity index (χ4v) is 2.14. The number of hydrogen-bond acceptors (Lipinski definition) is 4. The molecule has 1 aromatic rings. The summed E-state index contributed by atoms with van der Waals surface area (Å²) in [5.74, 6) is -2.57. The second-order valence-corrected chi connectivity index (χ2v) is 4.91. The van der Waals surface area contributed by atoms with Crippen LogP contribution in [0.4, 0.5) is 10.1 Å².